The Kier molecular flexibility index (Phi) is 3.33. The molecule has 1 rings (SSSR count). The van der Waals surface area contributed by atoms with Gasteiger partial charge in [0.1, 0.15) is 5.56 Å². The van der Waals surface area contributed by atoms with Gasteiger partial charge < -0.3 is 4.98 Å². The first kappa shape index (κ1) is 12.2. The molecule has 0 spiro atoms. The molecule has 86 valence electrons. The summed E-state index contributed by atoms with van der Waals surface area (Å²) < 4.78 is 25.0. The number of hydrogen-bond acceptors (Lipinski definition) is 4. The van der Waals surface area contributed by atoms with E-state index in [0.717, 1.165) is 0 Å². The number of nitro groups is 1. The predicted octanol–water partition coefficient (Wildman–Crippen LogP) is 1.60. The third kappa shape index (κ3) is 2.06. The van der Waals surface area contributed by atoms with Gasteiger partial charge in [-0.2, -0.15) is 0 Å². The van der Waals surface area contributed by atoms with Crippen molar-refractivity contribution in [2.24, 2.45) is 0 Å². The summed E-state index contributed by atoms with van der Waals surface area (Å²) in [5.41, 5.74) is -4.75. The predicted molar refractivity (Wildman–Crippen MR) is 48.9 cm³/mol. The summed E-state index contributed by atoms with van der Waals surface area (Å²) >= 11 is 4.96. The Morgan fingerprint density at radius 2 is 2.12 bits per heavy atom. The molecule has 1 N–H and O–H groups in total. The number of aromatic nitrogens is 1. The monoisotopic (exact) mass is 252 g/mol. The van der Waals surface area contributed by atoms with Crippen molar-refractivity contribution >= 4 is 22.5 Å². The lowest BCUT2D eigenvalue weighted by atomic mass is 10.1. The van der Waals surface area contributed by atoms with Gasteiger partial charge in [-0.25, -0.2) is 8.78 Å². The van der Waals surface area contributed by atoms with Crippen molar-refractivity contribution in [2.75, 3.05) is 0 Å². The number of nitrogens with one attached hydrogen (secondary N) is 1. The van der Waals surface area contributed by atoms with E-state index in [9.17, 15) is 28.5 Å². The second kappa shape index (κ2) is 4.35. The number of aromatic amines is 1. The summed E-state index contributed by atoms with van der Waals surface area (Å²) in [5.74, 6) is 0. The molecule has 0 bridgehead atoms. The van der Waals surface area contributed by atoms with Crippen LogP contribution in [0.5, 0.6) is 0 Å². The van der Waals surface area contributed by atoms with Gasteiger partial charge in [0.15, 0.2) is 0 Å². The lowest BCUT2D eigenvalue weighted by molar-refractivity contribution is -0.387. The highest BCUT2D eigenvalue weighted by Crippen LogP contribution is 2.29. The molecule has 1 aromatic rings. The fourth-order valence-corrected chi connectivity index (χ4v) is 1.25. The molecule has 16 heavy (non-hydrogen) atoms. The largest absolute Gasteiger partial charge is 0.343 e. The van der Waals surface area contributed by atoms with Crippen molar-refractivity contribution in [1.29, 1.82) is 0 Å². The SMILES string of the molecule is O=C(Cl)c1c[nH]c(=O)c([N+](=O)[O-])c1C(F)F. The van der Waals surface area contributed by atoms with E-state index in [1.54, 1.807) is 4.98 Å². The highest BCUT2D eigenvalue weighted by molar-refractivity contribution is 6.67. The van der Waals surface area contributed by atoms with Gasteiger partial charge in [0.2, 0.25) is 0 Å². The quantitative estimate of drug-likeness (QED) is 0.502. The number of carbonyl (C=O) groups is 1. The zero-order valence-electron chi connectivity index (χ0n) is 7.37. The van der Waals surface area contributed by atoms with E-state index in [2.05, 4.69) is 0 Å². The van der Waals surface area contributed by atoms with E-state index in [-0.39, 0.29) is 0 Å². The van der Waals surface area contributed by atoms with Crippen molar-refractivity contribution in [3.8, 4) is 0 Å². The molecule has 0 aliphatic heterocycles. The Hall–Kier alpha value is -1.83. The van der Waals surface area contributed by atoms with Crippen LogP contribution in [0.1, 0.15) is 22.3 Å². The second-order valence-electron chi connectivity index (χ2n) is 2.63. The van der Waals surface area contributed by atoms with Gasteiger partial charge >= 0.3 is 11.2 Å². The molecule has 0 amide bonds. The number of H-pyrrole nitrogens is 1. The first-order chi connectivity index (χ1) is 7.36. The van der Waals surface area contributed by atoms with E-state index in [1.165, 1.54) is 0 Å². The van der Waals surface area contributed by atoms with Crippen LogP contribution in [0.4, 0.5) is 14.5 Å². The van der Waals surface area contributed by atoms with Gasteiger partial charge in [0, 0.05) is 6.20 Å². The minimum absolute atomic E-state index is 0.617. The van der Waals surface area contributed by atoms with Gasteiger partial charge in [0.05, 0.1) is 10.5 Å². The molecule has 0 aromatic carbocycles. The Morgan fingerprint density at radius 3 is 2.50 bits per heavy atom. The van der Waals surface area contributed by atoms with E-state index in [0.29, 0.717) is 6.20 Å². The van der Waals surface area contributed by atoms with Gasteiger partial charge in [-0.05, 0) is 11.6 Å². The van der Waals surface area contributed by atoms with Crippen LogP contribution in [-0.2, 0) is 0 Å². The summed E-state index contributed by atoms with van der Waals surface area (Å²) in [7, 11) is 0. The Morgan fingerprint density at radius 1 is 1.56 bits per heavy atom. The van der Waals surface area contributed by atoms with Crippen molar-refractivity contribution in [3.05, 3.63) is 37.8 Å². The summed E-state index contributed by atoms with van der Waals surface area (Å²) in [6.45, 7) is 0. The van der Waals surface area contributed by atoms with Gasteiger partial charge in [-0.3, -0.25) is 19.7 Å². The molecule has 0 fully saturated rings. The zero-order valence-corrected chi connectivity index (χ0v) is 8.12. The van der Waals surface area contributed by atoms with Crippen LogP contribution < -0.4 is 5.56 Å². The number of alkyl halides is 2. The fourth-order valence-electron chi connectivity index (χ4n) is 1.10. The minimum Gasteiger partial charge on any atom is -0.322 e. The summed E-state index contributed by atoms with van der Waals surface area (Å²) in [6.07, 6.45) is -2.73. The van der Waals surface area contributed by atoms with E-state index < -0.39 is 39.0 Å². The number of nitrogens with zero attached hydrogens (tertiary/aromatic N) is 1. The van der Waals surface area contributed by atoms with E-state index in [4.69, 9.17) is 11.6 Å². The van der Waals surface area contributed by atoms with E-state index >= 15 is 0 Å². The third-order valence-electron chi connectivity index (χ3n) is 1.72. The smallest absolute Gasteiger partial charge is 0.322 e. The normalized spacial score (nSPS) is 10.5. The molecular formula is C7H3ClF2N2O4. The van der Waals surface area contributed by atoms with Crippen molar-refractivity contribution in [3.63, 3.8) is 0 Å². The molecule has 0 saturated heterocycles. The Labute approximate surface area is 91.0 Å². The van der Waals surface area contributed by atoms with Gasteiger partial charge in [-0.15, -0.1) is 0 Å². The molecule has 0 unspecified atom stereocenters. The number of pyridine rings is 1. The van der Waals surface area contributed by atoms with Gasteiger partial charge in [0.25, 0.3) is 11.7 Å². The average Bonchev–Trinajstić information content (AvgIpc) is 2.15. The highest BCUT2D eigenvalue weighted by atomic mass is 35.5. The molecular weight excluding hydrogens is 250 g/mol. The number of halogens is 3. The van der Waals surface area contributed by atoms with Crippen LogP contribution >= 0.6 is 11.6 Å². The van der Waals surface area contributed by atoms with Crippen LogP contribution in [0.25, 0.3) is 0 Å². The maximum atomic E-state index is 12.5. The molecule has 0 aliphatic carbocycles. The van der Waals surface area contributed by atoms with Crippen LogP contribution in [0.2, 0.25) is 0 Å². The highest BCUT2D eigenvalue weighted by Gasteiger charge is 2.31. The molecule has 1 heterocycles. The first-order valence-corrected chi connectivity index (χ1v) is 4.12. The van der Waals surface area contributed by atoms with Crippen LogP contribution in [-0.4, -0.2) is 15.1 Å². The average molecular weight is 253 g/mol. The van der Waals surface area contributed by atoms with Gasteiger partial charge in [-0.1, -0.05) is 0 Å². The number of carbonyl (C=O) groups excluding carboxylic acids is 1. The second-order valence-corrected chi connectivity index (χ2v) is 2.97. The summed E-state index contributed by atoms with van der Waals surface area (Å²) in [6, 6.07) is 0. The molecule has 0 saturated carbocycles. The maximum Gasteiger partial charge on any atom is 0.343 e. The van der Waals surface area contributed by atoms with Crippen molar-refractivity contribution in [2.45, 2.75) is 6.43 Å². The summed E-state index contributed by atoms with van der Waals surface area (Å²) in [5, 5.41) is 9.11. The fraction of sp³-hybridized carbons (Fsp3) is 0.143. The molecule has 0 radical (unpaired) electrons. The Bertz CT molecular complexity index is 514. The lowest BCUT2D eigenvalue weighted by Gasteiger charge is -2.04. The summed E-state index contributed by atoms with van der Waals surface area (Å²) in [4.78, 5) is 32.6. The van der Waals surface area contributed by atoms with Crippen LogP contribution in [0.3, 0.4) is 0 Å². The first-order valence-electron chi connectivity index (χ1n) is 3.74. The molecule has 9 heteroatoms. The zero-order chi connectivity index (χ0) is 12.5. The standard InChI is InChI=1S/C7H3ClF2N2O4/c8-5(13)2-1-11-7(14)4(12(15)16)3(2)6(9)10/h1,6H,(H,11,14). The molecule has 6 nitrogen and oxygen atoms in total. The topological polar surface area (TPSA) is 93.1 Å². The van der Waals surface area contributed by atoms with Crippen LogP contribution in [0.15, 0.2) is 11.0 Å². The minimum atomic E-state index is -3.35. The number of rotatable bonds is 3. The molecule has 0 aliphatic rings. The van der Waals surface area contributed by atoms with Crippen molar-refractivity contribution < 1.29 is 18.5 Å². The molecule has 0 atom stereocenters. The molecule has 1 aromatic heterocycles. The number of hydrogen-bond donors (Lipinski definition) is 1. The van der Waals surface area contributed by atoms with E-state index in [1.807, 2.05) is 0 Å². The van der Waals surface area contributed by atoms with Crippen LogP contribution in [0, 0.1) is 10.1 Å². The third-order valence-corrected chi connectivity index (χ3v) is 1.92. The maximum absolute atomic E-state index is 12.5. The van der Waals surface area contributed by atoms with Crippen molar-refractivity contribution in [1.82, 2.24) is 4.98 Å². The Balaban J connectivity index is 3.70. The lowest BCUT2D eigenvalue weighted by Crippen LogP contribution is -2.17.